The topological polar surface area (TPSA) is 74.3 Å². The van der Waals surface area contributed by atoms with Gasteiger partial charge in [0.1, 0.15) is 0 Å². The quantitative estimate of drug-likeness (QED) is 0.518. The number of para-hydroxylation sites is 1. The van der Waals surface area contributed by atoms with Crippen LogP contribution in [-0.4, -0.2) is 47.9 Å². The lowest BCUT2D eigenvalue weighted by Crippen LogP contribution is -2.34. The monoisotopic (exact) mass is 416 g/mol. The molecule has 6 heteroatoms. The Morgan fingerprint density at radius 2 is 1.71 bits per heavy atom. The summed E-state index contributed by atoms with van der Waals surface area (Å²) in [6.07, 6.45) is 3.13. The molecule has 31 heavy (non-hydrogen) atoms. The van der Waals surface area contributed by atoms with Crippen molar-refractivity contribution in [1.82, 2.24) is 15.2 Å². The van der Waals surface area contributed by atoms with Gasteiger partial charge >= 0.3 is 0 Å². The predicted molar refractivity (Wildman–Crippen MR) is 126 cm³/mol. The molecule has 6 nitrogen and oxygen atoms in total. The minimum atomic E-state index is -0.258. The lowest BCUT2D eigenvalue weighted by atomic mass is 10.2. The van der Waals surface area contributed by atoms with Crippen molar-refractivity contribution in [2.45, 2.75) is 13.8 Å². The van der Waals surface area contributed by atoms with Gasteiger partial charge in [-0.05, 0) is 55.6 Å². The van der Waals surface area contributed by atoms with Crippen molar-refractivity contribution in [3.63, 3.8) is 0 Å². The van der Waals surface area contributed by atoms with E-state index in [1.807, 2.05) is 36.4 Å². The zero-order valence-electron chi connectivity index (χ0n) is 18.0. The highest BCUT2D eigenvalue weighted by atomic mass is 16.2. The molecule has 3 aromatic rings. The summed E-state index contributed by atoms with van der Waals surface area (Å²) in [4.78, 5) is 31.2. The number of benzene rings is 2. The lowest BCUT2D eigenvalue weighted by molar-refractivity contribution is -0.111. The number of anilines is 1. The number of hydrogen-bond acceptors (Lipinski definition) is 4. The Kier molecular flexibility index (Phi) is 7.90. The first-order chi connectivity index (χ1) is 15.1. The van der Waals surface area contributed by atoms with Crippen LogP contribution >= 0.6 is 0 Å². The van der Waals surface area contributed by atoms with Gasteiger partial charge in [-0.1, -0.05) is 38.1 Å². The molecule has 0 fully saturated rings. The Bertz CT molecular complexity index is 1060. The highest BCUT2D eigenvalue weighted by Crippen LogP contribution is 2.13. The molecule has 0 bridgehead atoms. The first-order valence-corrected chi connectivity index (χ1v) is 10.5. The Hall–Kier alpha value is -3.51. The number of aromatic nitrogens is 1. The van der Waals surface area contributed by atoms with Gasteiger partial charge in [0.15, 0.2) is 0 Å². The van der Waals surface area contributed by atoms with Gasteiger partial charge in [-0.3, -0.25) is 9.59 Å². The average molecular weight is 417 g/mol. The van der Waals surface area contributed by atoms with E-state index in [0.29, 0.717) is 23.5 Å². The lowest BCUT2D eigenvalue weighted by Gasteiger charge is -2.17. The summed E-state index contributed by atoms with van der Waals surface area (Å²) in [6.45, 7) is 7.56. The Morgan fingerprint density at radius 1 is 0.968 bits per heavy atom. The van der Waals surface area contributed by atoms with Crippen molar-refractivity contribution in [2.75, 3.05) is 31.5 Å². The number of amides is 2. The first kappa shape index (κ1) is 22.2. The number of likely N-dealkylation sites (N-methyl/N-ethyl adjacent to an activating group) is 1. The minimum absolute atomic E-state index is 0.118. The molecule has 1 aromatic heterocycles. The molecular formula is C25H28N4O2. The number of nitrogens with zero attached hydrogens (tertiary/aromatic N) is 2. The van der Waals surface area contributed by atoms with Crippen molar-refractivity contribution in [3.05, 3.63) is 78.0 Å². The number of rotatable bonds is 9. The SMILES string of the molecule is CCN(CC)CCNC(=O)c1ccc(NC(=O)C=Cc2ccc3ccccc3n2)cc1. The second-order valence-corrected chi connectivity index (χ2v) is 7.11. The first-order valence-electron chi connectivity index (χ1n) is 10.5. The van der Waals surface area contributed by atoms with E-state index in [0.717, 1.165) is 30.5 Å². The molecule has 2 amide bonds. The molecule has 2 N–H and O–H groups in total. The van der Waals surface area contributed by atoms with E-state index in [1.54, 1.807) is 30.3 Å². The molecule has 2 aromatic carbocycles. The average Bonchev–Trinajstić information content (AvgIpc) is 2.80. The molecule has 3 rings (SSSR count). The number of fused-ring (bicyclic) bond motifs is 1. The molecule has 0 aliphatic rings. The summed E-state index contributed by atoms with van der Waals surface area (Å²) >= 11 is 0. The third-order valence-electron chi connectivity index (χ3n) is 5.05. The standard InChI is InChI=1S/C25H28N4O2/c1-3-29(4-2)18-17-26-25(31)20-10-13-22(14-11-20)28-24(30)16-15-21-12-9-19-7-5-6-8-23(19)27-21/h5-16H,3-4,17-18H2,1-2H3,(H,26,31)(H,28,30). The maximum atomic E-state index is 12.3. The highest BCUT2D eigenvalue weighted by Gasteiger charge is 2.07. The van der Waals surface area contributed by atoms with E-state index < -0.39 is 0 Å². The summed E-state index contributed by atoms with van der Waals surface area (Å²) in [5.74, 6) is -0.376. The number of hydrogen-bond donors (Lipinski definition) is 2. The zero-order valence-corrected chi connectivity index (χ0v) is 18.0. The third kappa shape index (κ3) is 6.49. The zero-order chi connectivity index (χ0) is 22.1. The number of carbonyl (C=O) groups excluding carboxylic acids is 2. The van der Waals surface area contributed by atoms with Gasteiger partial charge in [0.25, 0.3) is 5.91 Å². The smallest absolute Gasteiger partial charge is 0.251 e. The largest absolute Gasteiger partial charge is 0.351 e. The summed E-state index contributed by atoms with van der Waals surface area (Å²) in [5, 5.41) is 6.78. The molecular weight excluding hydrogens is 388 g/mol. The van der Waals surface area contributed by atoms with Crippen LogP contribution < -0.4 is 10.6 Å². The van der Waals surface area contributed by atoms with E-state index in [1.165, 1.54) is 6.08 Å². The summed E-state index contributed by atoms with van der Waals surface area (Å²) < 4.78 is 0. The summed E-state index contributed by atoms with van der Waals surface area (Å²) in [5.41, 5.74) is 2.79. The van der Waals surface area contributed by atoms with Crippen molar-refractivity contribution in [1.29, 1.82) is 0 Å². The second kappa shape index (κ2) is 11.0. The van der Waals surface area contributed by atoms with Gasteiger partial charge in [-0.2, -0.15) is 0 Å². The fourth-order valence-electron chi connectivity index (χ4n) is 3.19. The molecule has 0 aliphatic heterocycles. The van der Waals surface area contributed by atoms with Crippen LogP contribution in [0.2, 0.25) is 0 Å². The van der Waals surface area contributed by atoms with Crippen LogP contribution in [0.15, 0.2) is 66.7 Å². The minimum Gasteiger partial charge on any atom is -0.351 e. The van der Waals surface area contributed by atoms with Crippen LogP contribution in [0, 0.1) is 0 Å². The van der Waals surface area contributed by atoms with Crippen LogP contribution in [0.1, 0.15) is 29.9 Å². The fraction of sp³-hybridized carbons (Fsp3) is 0.240. The van der Waals surface area contributed by atoms with Crippen molar-refractivity contribution in [2.24, 2.45) is 0 Å². The van der Waals surface area contributed by atoms with Gasteiger partial charge < -0.3 is 15.5 Å². The molecule has 0 saturated carbocycles. The van der Waals surface area contributed by atoms with Gasteiger partial charge in [0.05, 0.1) is 11.2 Å². The maximum absolute atomic E-state index is 12.3. The van der Waals surface area contributed by atoms with E-state index in [9.17, 15) is 9.59 Å². The van der Waals surface area contributed by atoms with Crippen molar-refractivity contribution < 1.29 is 9.59 Å². The van der Waals surface area contributed by atoms with Crippen LogP contribution in [0.5, 0.6) is 0 Å². The van der Waals surface area contributed by atoms with Crippen LogP contribution in [-0.2, 0) is 4.79 Å². The Morgan fingerprint density at radius 3 is 2.45 bits per heavy atom. The maximum Gasteiger partial charge on any atom is 0.251 e. The normalized spacial score (nSPS) is 11.2. The van der Waals surface area contributed by atoms with E-state index in [-0.39, 0.29) is 11.8 Å². The number of pyridine rings is 1. The van der Waals surface area contributed by atoms with E-state index in [4.69, 9.17) is 0 Å². The fourth-order valence-corrected chi connectivity index (χ4v) is 3.19. The molecule has 0 unspecified atom stereocenters. The Labute approximate surface area is 183 Å². The van der Waals surface area contributed by atoms with Crippen LogP contribution in [0.25, 0.3) is 17.0 Å². The van der Waals surface area contributed by atoms with Gasteiger partial charge in [0.2, 0.25) is 5.91 Å². The van der Waals surface area contributed by atoms with Crippen molar-refractivity contribution >= 4 is 34.5 Å². The van der Waals surface area contributed by atoms with Gasteiger partial charge in [-0.25, -0.2) is 4.98 Å². The molecule has 0 atom stereocenters. The highest BCUT2D eigenvalue weighted by molar-refractivity contribution is 6.02. The van der Waals surface area contributed by atoms with Crippen molar-refractivity contribution in [3.8, 4) is 0 Å². The van der Waals surface area contributed by atoms with E-state index >= 15 is 0 Å². The third-order valence-corrected chi connectivity index (χ3v) is 5.05. The Balaban J connectivity index is 1.52. The predicted octanol–water partition coefficient (Wildman–Crippen LogP) is 3.96. The number of carbonyl (C=O) groups is 2. The molecule has 160 valence electrons. The molecule has 0 spiro atoms. The van der Waals surface area contributed by atoms with Gasteiger partial charge in [0, 0.05) is 35.8 Å². The van der Waals surface area contributed by atoms with Crippen LogP contribution in [0.4, 0.5) is 5.69 Å². The molecule has 0 saturated heterocycles. The summed E-state index contributed by atoms with van der Waals surface area (Å²) in [6, 6.07) is 18.5. The number of nitrogens with one attached hydrogen (secondary N) is 2. The van der Waals surface area contributed by atoms with Crippen LogP contribution in [0.3, 0.4) is 0 Å². The molecule has 1 heterocycles. The van der Waals surface area contributed by atoms with Gasteiger partial charge in [-0.15, -0.1) is 0 Å². The molecule has 0 aliphatic carbocycles. The second-order valence-electron chi connectivity index (χ2n) is 7.11. The summed E-state index contributed by atoms with van der Waals surface area (Å²) in [7, 11) is 0. The van der Waals surface area contributed by atoms with E-state index in [2.05, 4.69) is 34.4 Å². The molecule has 0 radical (unpaired) electrons.